The molecule has 2 fully saturated rings. The van der Waals surface area contributed by atoms with Gasteiger partial charge in [0.2, 0.25) is 0 Å². The number of hydrazine groups is 1. The van der Waals surface area contributed by atoms with Crippen molar-refractivity contribution >= 4 is 0 Å². The van der Waals surface area contributed by atoms with Crippen LogP contribution in [0.1, 0.15) is 51.9 Å². The minimum absolute atomic E-state index is 0.0200. The van der Waals surface area contributed by atoms with Crippen LogP contribution < -0.4 is 10.9 Å². The lowest BCUT2D eigenvalue weighted by atomic mass is 9.75. The molecule has 1 heterocycles. The molecular formula is C15H30N2O3. The molecule has 2 aliphatic rings. The lowest BCUT2D eigenvalue weighted by Crippen LogP contribution is -2.42. The molecule has 0 aromatic carbocycles. The SMILES string of the molecule is CCCC(O)C1CCC(C2CC(C(O)OC)NN2)CC1. The van der Waals surface area contributed by atoms with Gasteiger partial charge in [0.05, 0.1) is 12.1 Å². The van der Waals surface area contributed by atoms with Crippen LogP contribution in [0.25, 0.3) is 0 Å². The quantitative estimate of drug-likeness (QED) is 0.551. The summed E-state index contributed by atoms with van der Waals surface area (Å²) in [5.41, 5.74) is 6.44. The van der Waals surface area contributed by atoms with Gasteiger partial charge < -0.3 is 14.9 Å². The fraction of sp³-hybridized carbons (Fsp3) is 1.00. The highest BCUT2D eigenvalue weighted by Crippen LogP contribution is 2.35. The zero-order valence-corrected chi connectivity index (χ0v) is 12.7. The van der Waals surface area contributed by atoms with E-state index in [1.165, 1.54) is 20.0 Å². The summed E-state index contributed by atoms with van der Waals surface area (Å²) in [6, 6.07) is 0.391. The summed E-state index contributed by atoms with van der Waals surface area (Å²) in [5.74, 6) is 1.13. The molecule has 1 saturated heterocycles. The molecule has 5 heteroatoms. The molecule has 0 aromatic heterocycles. The van der Waals surface area contributed by atoms with Gasteiger partial charge in [-0.3, -0.25) is 5.43 Å². The van der Waals surface area contributed by atoms with Gasteiger partial charge in [0.1, 0.15) is 0 Å². The van der Waals surface area contributed by atoms with Crippen LogP contribution in [0, 0.1) is 11.8 Å². The summed E-state index contributed by atoms with van der Waals surface area (Å²) >= 11 is 0. The standard InChI is InChI=1S/C15H30N2O3/c1-3-4-14(18)11-7-5-10(6-8-11)12-9-13(17-16-12)15(19)20-2/h10-19H,3-9H2,1-2H3. The molecule has 1 aliphatic carbocycles. The van der Waals surface area contributed by atoms with Crippen molar-refractivity contribution in [3.63, 3.8) is 0 Å². The smallest absolute Gasteiger partial charge is 0.170 e. The van der Waals surface area contributed by atoms with Crippen LogP contribution >= 0.6 is 0 Å². The van der Waals surface area contributed by atoms with Gasteiger partial charge in [0.15, 0.2) is 6.29 Å². The predicted octanol–water partition coefficient (Wildman–Crippen LogP) is 1.15. The number of nitrogens with one attached hydrogen (secondary N) is 2. The average molecular weight is 286 g/mol. The maximum atomic E-state index is 10.1. The second kappa shape index (κ2) is 7.71. The molecular weight excluding hydrogens is 256 g/mol. The van der Waals surface area contributed by atoms with Gasteiger partial charge in [0, 0.05) is 13.2 Å². The molecule has 0 bridgehead atoms. The van der Waals surface area contributed by atoms with E-state index in [-0.39, 0.29) is 12.1 Å². The van der Waals surface area contributed by atoms with E-state index in [1.54, 1.807) is 0 Å². The lowest BCUT2D eigenvalue weighted by Gasteiger charge is -2.34. The third-order valence-electron chi connectivity index (χ3n) is 5.06. The lowest BCUT2D eigenvalue weighted by molar-refractivity contribution is -0.0944. The first kappa shape index (κ1) is 16.2. The molecule has 0 radical (unpaired) electrons. The largest absolute Gasteiger partial charge is 0.393 e. The van der Waals surface area contributed by atoms with Crippen LogP contribution in [0.15, 0.2) is 0 Å². The van der Waals surface area contributed by atoms with Crippen LogP contribution in [0.3, 0.4) is 0 Å². The molecule has 4 atom stereocenters. The number of rotatable bonds is 6. The summed E-state index contributed by atoms with van der Waals surface area (Å²) in [7, 11) is 1.53. The van der Waals surface area contributed by atoms with Crippen LogP contribution in [0.4, 0.5) is 0 Å². The summed E-state index contributed by atoms with van der Waals surface area (Å²) in [6.07, 6.45) is 6.63. The Kier molecular flexibility index (Phi) is 6.23. The molecule has 5 nitrogen and oxygen atoms in total. The minimum Gasteiger partial charge on any atom is -0.393 e. The topological polar surface area (TPSA) is 73.8 Å². The Morgan fingerprint density at radius 3 is 2.45 bits per heavy atom. The minimum atomic E-state index is -0.741. The molecule has 4 N–H and O–H groups in total. The Labute approximate surface area is 122 Å². The molecule has 0 spiro atoms. The maximum Gasteiger partial charge on any atom is 0.170 e. The van der Waals surface area contributed by atoms with Crippen molar-refractivity contribution in [1.29, 1.82) is 0 Å². The Morgan fingerprint density at radius 2 is 1.85 bits per heavy atom. The van der Waals surface area contributed by atoms with E-state index in [9.17, 15) is 10.2 Å². The second-order valence-corrected chi connectivity index (χ2v) is 6.39. The molecule has 1 saturated carbocycles. The highest BCUT2D eigenvalue weighted by atomic mass is 16.6. The highest BCUT2D eigenvalue weighted by molar-refractivity contribution is 4.90. The van der Waals surface area contributed by atoms with Gasteiger partial charge in [-0.1, -0.05) is 13.3 Å². The number of hydrogen-bond acceptors (Lipinski definition) is 5. The third kappa shape index (κ3) is 3.92. The average Bonchev–Trinajstić information content (AvgIpc) is 2.96. The zero-order chi connectivity index (χ0) is 14.5. The monoisotopic (exact) mass is 286 g/mol. The number of aliphatic hydroxyl groups is 2. The number of methoxy groups -OCH3 is 1. The summed E-state index contributed by atoms with van der Waals surface area (Å²) < 4.78 is 4.97. The van der Waals surface area contributed by atoms with E-state index < -0.39 is 6.29 Å². The van der Waals surface area contributed by atoms with E-state index >= 15 is 0 Å². The molecule has 0 amide bonds. The van der Waals surface area contributed by atoms with Gasteiger partial charge in [-0.05, 0) is 50.4 Å². The first-order valence-electron chi connectivity index (χ1n) is 8.05. The van der Waals surface area contributed by atoms with E-state index in [2.05, 4.69) is 17.8 Å². The van der Waals surface area contributed by atoms with Gasteiger partial charge in [-0.2, -0.15) is 0 Å². The van der Waals surface area contributed by atoms with Gasteiger partial charge in [0.25, 0.3) is 0 Å². The fourth-order valence-electron chi connectivity index (χ4n) is 3.73. The number of hydrogen-bond donors (Lipinski definition) is 4. The molecule has 0 aromatic rings. The van der Waals surface area contributed by atoms with Crippen LogP contribution in [-0.4, -0.2) is 41.8 Å². The first-order chi connectivity index (χ1) is 9.65. The number of ether oxygens (including phenoxy) is 1. The molecule has 118 valence electrons. The van der Waals surface area contributed by atoms with Gasteiger partial charge >= 0.3 is 0 Å². The van der Waals surface area contributed by atoms with Crippen molar-refractivity contribution in [1.82, 2.24) is 10.9 Å². The Morgan fingerprint density at radius 1 is 1.15 bits per heavy atom. The van der Waals surface area contributed by atoms with Crippen molar-refractivity contribution in [2.75, 3.05) is 7.11 Å². The van der Waals surface area contributed by atoms with E-state index in [0.717, 1.165) is 32.1 Å². The van der Waals surface area contributed by atoms with Gasteiger partial charge in [-0.15, -0.1) is 0 Å². The molecule has 2 rings (SSSR count). The van der Waals surface area contributed by atoms with Crippen LogP contribution in [0.2, 0.25) is 0 Å². The molecule has 1 aliphatic heterocycles. The van der Waals surface area contributed by atoms with E-state index in [4.69, 9.17) is 4.74 Å². The van der Waals surface area contributed by atoms with Crippen molar-refractivity contribution in [3.8, 4) is 0 Å². The predicted molar refractivity (Wildman–Crippen MR) is 77.8 cm³/mol. The van der Waals surface area contributed by atoms with E-state index in [0.29, 0.717) is 17.9 Å². The summed E-state index contributed by atoms with van der Waals surface area (Å²) in [6.45, 7) is 2.13. The van der Waals surface area contributed by atoms with Crippen LogP contribution in [0.5, 0.6) is 0 Å². The zero-order valence-electron chi connectivity index (χ0n) is 12.7. The van der Waals surface area contributed by atoms with Crippen molar-refractivity contribution in [2.24, 2.45) is 11.8 Å². The highest BCUT2D eigenvalue weighted by Gasteiger charge is 2.36. The van der Waals surface area contributed by atoms with Crippen molar-refractivity contribution in [2.45, 2.75) is 76.3 Å². The third-order valence-corrected chi connectivity index (χ3v) is 5.06. The molecule has 20 heavy (non-hydrogen) atoms. The summed E-state index contributed by atoms with van der Waals surface area (Å²) in [5, 5.41) is 19.8. The Hall–Kier alpha value is -0.200. The van der Waals surface area contributed by atoms with E-state index in [1.807, 2.05) is 0 Å². The Bertz CT molecular complexity index is 282. The van der Waals surface area contributed by atoms with Gasteiger partial charge in [-0.25, -0.2) is 5.43 Å². The second-order valence-electron chi connectivity index (χ2n) is 6.39. The maximum absolute atomic E-state index is 10.1. The fourth-order valence-corrected chi connectivity index (χ4v) is 3.73. The van der Waals surface area contributed by atoms with Crippen molar-refractivity contribution < 1.29 is 14.9 Å². The molecule has 4 unspecified atom stereocenters. The normalized spacial score (nSPS) is 37.8. The first-order valence-corrected chi connectivity index (χ1v) is 8.05. The number of aliphatic hydroxyl groups excluding tert-OH is 2. The van der Waals surface area contributed by atoms with Crippen LogP contribution in [-0.2, 0) is 4.74 Å². The summed E-state index contributed by atoms with van der Waals surface area (Å²) in [4.78, 5) is 0. The Balaban J connectivity index is 1.74. The van der Waals surface area contributed by atoms with Crippen molar-refractivity contribution in [3.05, 3.63) is 0 Å².